The van der Waals surface area contributed by atoms with Crippen molar-refractivity contribution >= 4 is 12.0 Å². The third kappa shape index (κ3) is 2.64. The van der Waals surface area contributed by atoms with Crippen LogP contribution in [0.15, 0.2) is 30.8 Å². The van der Waals surface area contributed by atoms with Gasteiger partial charge in [-0.05, 0) is 38.3 Å². The Balaban J connectivity index is 1.72. The van der Waals surface area contributed by atoms with E-state index in [4.69, 9.17) is 4.74 Å². The van der Waals surface area contributed by atoms with Crippen molar-refractivity contribution < 1.29 is 9.53 Å². The summed E-state index contributed by atoms with van der Waals surface area (Å²) in [4.78, 5) is 20.5. The molecule has 0 bridgehead atoms. The third-order valence-electron chi connectivity index (χ3n) is 3.89. The Kier molecular flexibility index (Phi) is 3.38. The first-order valence-corrected chi connectivity index (χ1v) is 7.02. The molecule has 20 heavy (non-hydrogen) atoms. The van der Waals surface area contributed by atoms with Crippen molar-refractivity contribution in [2.75, 3.05) is 0 Å². The average molecular weight is 270 g/mol. The summed E-state index contributed by atoms with van der Waals surface area (Å²) < 4.78 is 5.76. The Morgan fingerprint density at radius 3 is 3.15 bits per heavy atom. The highest BCUT2D eigenvalue weighted by atomic mass is 16.6. The van der Waals surface area contributed by atoms with E-state index in [0.29, 0.717) is 6.42 Å². The Morgan fingerprint density at radius 2 is 2.35 bits per heavy atom. The highest BCUT2D eigenvalue weighted by Gasteiger charge is 2.33. The van der Waals surface area contributed by atoms with E-state index in [-0.39, 0.29) is 11.9 Å². The monoisotopic (exact) mass is 270 g/mol. The van der Waals surface area contributed by atoms with E-state index in [1.165, 1.54) is 6.33 Å². The molecule has 1 aromatic rings. The van der Waals surface area contributed by atoms with Gasteiger partial charge < -0.3 is 4.74 Å². The minimum absolute atomic E-state index is 0.00125. The molecule has 0 fully saturated rings. The van der Waals surface area contributed by atoms with Gasteiger partial charge in [-0.25, -0.2) is 9.97 Å². The quantitative estimate of drug-likeness (QED) is 0.612. The van der Waals surface area contributed by atoms with Crippen LogP contribution in [-0.2, 0) is 16.0 Å². The number of hydrogen-bond acceptors (Lipinski definition) is 4. The lowest BCUT2D eigenvalue weighted by Gasteiger charge is -2.31. The number of aromatic nitrogens is 2. The molecule has 104 valence electrons. The largest absolute Gasteiger partial charge is 0.455 e. The van der Waals surface area contributed by atoms with Crippen LogP contribution in [0.25, 0.3) is 6.08 Å². The SMILES string of the molecule is CC1(OC(=O)C2CC=CCC2)C=Cc2ncncc2C1. The van der Waals surface area contributed by atoms with Gasteiger partial charge in [0.25, 0.3) is 0 Å². The van der Waals surface area contributed by atoms with Gasteiger partial charge in [0.2, 0.25) is 0 Å². The van der Waals surface area contributed by atoms with Crippen molar-refractivity contribution in [2.24, 2.45) is 5.92 Å². The number of nitrogens with zero attached hydrogens (tertiary/aromatic N) is 2. The van der Waals surface area contributed by atoms with Gasteiger partial charge in [0.15, 0.2) is 0 Å². The van der Waals surface area contributed by atoms with Gasteiger partial charge >= 0.3 is 5.97 Å². The van der Waals surface area contributed by atoms with Crippen LogP contribution in [-0.4, -0.2) is 21.5 Å². The molecule has 1 heterocycles. The van der Waals surface area contributed by atoms with Crippen molar-refractivity contribution in [1.82, 2.24) is 9.97 Å². The number of allylic oxidation sites excluding steroid dienone is 2. The second-order valence-electron chi connectivity index (χ2n) is 5.66. The van der Waals surface area contributed by atoms with E-state index in [2.05, 4.69) is 22.1 Å². The number of carbonyl (C=O) groups excluding carboxylic acids is 1. The highest BCUT2D eigenvalue weighted by Crippen LogP contribution is 2.29. The zero-order chi connectivity index (χ0) is 14.0. The molecule has 2 atom stereocenters. The zero-order valence-corrected chi connectivity index (χ0v) is 11.6. The van der Waals surface area contributed by atoms with Crippen LogP contribution in [0.4, 0.5) is 0 Å². The molecule has 2 aliphatic rings. The molecule has 4 nitrogen and oxygen atoms in total. The van der Waals surface area contributed by atoms with Crippen LogP contribution in [0.2, 0.25) is 0 Å². The fraction of sp³-hybridized carbons (Fsp3) is 0.438. The maximum atomic E-state index is 12.3. The molecule has 0 spiro atoms. The number of ether oxygens (including phenoxy) is 1. The van der Waals surface area contributed by atoms with E-state index < -0.39 is 5.60 Å². The maximum absolute atomic E-state index is 12.3. The minimum atomic E-state index is -0.587. The number of esters is 1. The Morgan fingerprint density at radius 1 is 1.45 bits per heavy atom. The standard InChI is InChI=1S/C16H18N2O2/c1-16(20-15(19)12-5-3-2-4-6-12)8-7-14-13(9-16)10-17-11-18-14/h2-3,7-8,10-12H,4-6,9H2,1H3. The first kappa shape index (κ1) is 13.0. The van der Waals surface area contributed by atoms with Crippen LogP contribution in [0.5, 0.6) is 0 Å². The lowest BCUT2D eigenvalue weighted by Crippen LogP contribution is -2.36. The Hall–Kier alpha value is -1.97. The van der Waals surface area contributed by atoms with Crippen molar-refractivity contribution in [1.29, 1.82) is 0 Å². The molecule has 2 aliphatic carbocycles. The zero-order valence-electron chi connectivity index (χ0n) is 11.6. The fourth-order valence-corrected chi connectivity index (χ4v) is 2.74. The number of carbonyl (C=O) groups is 1. The van der Waals surface area contributed by atoms with Crippen molar-refractivity contribution in [2.45, 2.75) is 38.2 Å². The molecule has 0 aromatic carbocycles. The summed E-state index contributed by atoms with van der Waals surface area (Å²) in [7, 11) is 0. The minimum Gasteiger partial charge on any atom is -0.455 e. The van der Waals surface area contributed by atoms with Crippen molar-refractivity contribution in [3.8, 4) is 0 Å². The molecule has 1 aromatic heterocycles. The molecule has 0 N–H and O–H groups in total. The first-order chi connectivity index (χ1) is 9.66. The van der Waals surface area contributed by atoms with Gasteiger partial charge in [0.05, 0.1) is 11.6 Å². The van der Waals surface area contributed by atoms with Crippen LogP contribution in [0.1, 0.15) is 37.4 Å². The van der Waals surface area contributed by atoms with E-state index in [1.807, 2.05) is 19.1 Å². The summed E-state index contributed by atoms with van der Waals surface area (Å²) in [6, 6.07) is 0. The van der Waals surface area contributed by atoms with E-state index in [1.54, 1.807) is 6.20 Å². The molecule has 2 unspecified atom stereocenters. The van der Waals surface area contributed by atoms with Crippen LogP contribution < -0.4 is 0 Å². The predicted molar refractivity (Wildman–Crippen MR) is 75.7 cm³/mol. The number of rotatable bonds is 2. The molecule has 0 amide bonds. The van der Waals surface area contributed by atoms with Crippen LogP contribution in [0, 0.1) is 5.92 Å². The molecule has 0 saturated carbocycles. The van der Waals surface area contributed by atoms with Crippen LogP contribution in [0.3, 0.4) is 0 Å². The third-order valence-corrected chi connectivity index (χ3v) is 3.89. The molecule has 0 radical (unpaired) electrons. The summed E-state index contributed by atoms with van der Waals surface area (Å²) in [5.74, 6) is -0.0968. The molecule has 0 aliphatic heterocycles. The van der Waals surface area contributed by atoms with Gasteiger partial charge in [-0.3, -0.25) is 4.79 Å². The lowest BCUT2D eigenvalue weighted by molar-refractivity contribution is -0.159. The lowest BCUT2D eigenvalue weighted by atomic mass is 9.89. The number of fused-ring (bicyclic) bond motifs is 1. The highest BCUT2D eigenvalue weighted by molar-refractivity contribution is 5.74. The molecular formula is C16H18N2O2. The smallest absolute Gasteiger partial charge is 0.310 e. The van der Waals surface area contributed by atoms with E-state index in [0.717, 1.165) is 30.5 Å². The topological polar surface area (TPSA) is 52.1 Å². The Bertz CT molecular complexity index is 580. The Labute approximate surface area is 118 Å². The van der Waals surface area contributed by atoms with E-state index >= 15 is 0 Å². The molecule has 3 rings (SSSR count). The normalized spacial score (nSPS) is 27.9. The van der Waals surface area contributed by atoms with Gasteiger partial charge in [0.1, 0.15) is 11.9 Å². The van der Waals surface area contributed by atoms with Crippen LogP contribution >= 0.6 is 0 Å². The summed E-state index contributed by atoms with van der Waals surface area (Å²) in [5, 5.41) is 0. The van der Waals surface area contributed by atoms with Crippen molar-refractivity contribution in [3.05, 3.63) is 42.0 Å². The summed E-state index contributed by atoms with van der Waals surface area (Å²) in [6.07, 6.45) is 14.6. The summed E-state index contributed by atoms with van der Waals surface area (Å²) >= 11 is 0. The molecule has 4 heteroatoms. The summed E-state index contributed by atoms with van der Waals surface area (Å²) in [6.45, 7) is 1.94. The van der Waals surface area contributed by atoms with Gasteiger partial charge in [-0.1, -0.05) is 12.2 Å². The van der Waals surface area contributed by atoms with E-state index in [9.17, 15) is 4.79 Å². The first-order valence-electron chi connectivity index (χ1n) is 7.02. The van der Waals surface area contributed by atoms with Crippen molar-refractivity contribution in [3.63, 3.8) is 0 Å². The average Bonchev–Trinajstić information content (AvgIpc) is 2.47. The van der Waals surface area contributed by atoms with Gasteiger partial charge in [-0.2, -0.15) is 0 Å². The molecular weight excluding hydrogens is 252 g/mol. The maximum Gasteiger partial charge on any atom is 0.310 e. The van der Waals surface area contributed by atoms with Gasteiger partial charge in [0, 0.05) is 18.2 Å². The second-order valence-corrected chi connectivity index (χ2v) is 5.66. The fourth-order valence-electron chi connectivity index (χ4n) is 2.74. The van der Waals surface area contributed by atoms with Gasteiger partial charge in [-0.15, -0.1) is 0 Å². The summed E-state index contributed by atoms with van der Waals surface area (Å²) in [5.41, 5.74) is 1.35. The predicted octanol–water partition coefficient (Wildman–Crippen LogP) is 2.70. The molecule has 0 saturated heterocycles. The second kappa shape index (κ2) is 5.19. The number of hydrogen-bond donors (Lipinski definition) is 0.